The highest BCUT2D eigenvalue weighted by Gasteiger charge is 2.28. The Morgan fingerprint density at radius 3 is 2.57 bits per heavy atom. The minimum Gasteiger partial charge on any atom is -0.452 e. The lowest BCUT2D eigenvalue weighted by Gasteiger charge is -2.07. The van der Waals surface area contributed by atoms with Crippen LogP contribution in [0.25, 0.3) is 6.08 Å². The summed E-state index contributed by atoms with van der Waals surface area (Å²) >= 11 is 9.47. The largest absolute Gasteiger partial charge is 0.452 e. The Morgan fingerprint density at radius 2 is 1.79 bits per heavy atom. The zero-order valence-corrected chi connectivity index (χ0v) is 16.7. The van der Waals surface area contributed by atoms with Crippen molar-refractivity contribution in [2.75, 3.05) is 0 Å². The molecule has 1 aliphatic rings. The Kier molecular flexibility index (Phi) is 5.03. The molecule has 4 nitrogen and oxygen atoms in total. The Labute approximate surface area is 174 Å². The molecule has 0 fully saturated rings. The predicted octanol–water partition coefficient (Wildman–Crippen LogP) is 5.94. The van der Waals surface area contributed by atoms with E-state index in [0.29, 0.717) is 31.9 Å². The number of hydrogen-bond donors (Lipinski definition) is 0. The van der Waals surface area contributed by atoms with Gasteiger partial charge in [-0.05, 0) is 57.9 Å². The maximum atomic E-state index is 12.6. The normalized spacial score (nSPS) is 13.9. The topological polar surface area (TPSA) is 52.6 Å². The zero-order valence-electron chi connectivity index (χ0n) is 14.3. The number of halogens is 2. The second-order valence-corrected chi connectivity index (χ2v) is 7.25. The molecule has 0 saturated carbocycles. The van der Waals surface area contributed by atoms with Gasteiger partial charge in [0.25, 0.3) is 0 Å². The summed E-state index contributed by atoms with van der Waals surface area (Å²) in [5.41, 5.74) is 1.49. The van der Waals surface area contributed by atoms with Crippen LogP contribution in [0.3, 0.4) is 0 Å². The minimum absolute atomic E-state index is 0.164. The van der Waals surface area contributed by atoms with E-state index < -0.39 is 5.97 Å². The van der Waals surface area contributed by atoms with Gasteiger partial charge in [-0.25, -0.2) is 4.79 Å². The van der Waals surface area contributed by atoms with Crippen LogP contribution in [0.4, 0.5) is 0 Å². The van der Waals surface area contributed by atoms with Gasteiger partial charge in [0, 0.05) is 15.6 Å². The van der Waals surface area contributed by atoms with Gasteiger partial charge in [0.2, 0.25) is 5.78 Å². The van der Waals surface area contributed by atoms with Crippen LogP contribution >= 0.6 is 27.5 Å². The van der Waals surface area contributed by atoms with Crippen LogP contribution in [0.15, 0.2) is 77.0 Å². The molecule has 0 spiro atoms. The maximum Gasteiger partial charge on any atom is 0.344 e. The van der Waals surface area contributed by atoms with Crippen molar-refractivity contribution in [3.8, 4) is 11.5 Å². The number of ketones is 1. The summed E-state index contributed by atoms with van der Waals surface area (Å²) in [6.07, 6.45) is 1.59. The zero-order chi connectivity index (χ0) is 19.7. The van der Waals surface area contributed by atoms with Crippen LogP contribution < -0.4 is 9.47 Å². The smallest absolute Gasteiger partial charge is 0.344 e. The second-order valence-electron chi connectivity index (χ2n) is 5.99. The van der Waals surface area contributed by atoms with Crippen LogP contribution in [0.5, 0.6) is 11.5 Å². The number of rotatable bonds is 3. The third-order valence-corrected chi connectivity index (χ3v) is 5.17. The Bertz CT molecular complexity index is 1140. The van der Waals surface area contributed by atoms with Crippen molar-refractivity contribution < 1.29 is 19.1 Å². The Hall–Kier alpha value is -2.89. The number of Topliss-reactive ketones (excluding diaryl/α,β-unsaturated/α-hetero) is 1. The van der Waals surface area contributed by atoms with Crippen molar-refractivity contribution in [1.29, 1.82) is 0 Å². The Balaban J connectivity index is 1.58. The molecule has 0 saturated heterocycles. The van der Waals surface area contributed by atoms with E-state index in [1.165, 1.54) is 6.07 Å². The van der Waals surface area contributed by atoms with E-state index in [-0.39, 0.29) is 17.3 Å². The van der Waals surface area contributed by atoms with Gasteiger partial charge in [-0.3, -0.25) is 4.79 Å². The second kappa shape index (κ2) is 7.62. The summed E-state index contributed by atoms with van der Waals surface area (Å²) in [7, 11) is 0. The van der Waals surface area contributed by atoms with Gasteiger partial charge in [-0.15, -0.1) is 0 Å². The van der Waals surface area contributed by atoms with Gasteiger partial charge >= 0.3 is 5.97 Å². The van der Waals surface area contributed by atoms with Crippen LogP contribution in [0, 0.1) is 0 Å². The van der Waals surface area contributed by atoms with Gasteiger partial charge in [0.15, 0.2) is 5.76 Å². The number of carbonyl (C=O) groups is 2. The van der Waals surface area contributed by atoms with E-state index in [0.717, 1.165) is 0 Å². The summed E-state index contributed by atoms with van der Waals surface area (Å²) < 4.78 is 11.7. The molecule has 3 aromatic rings. The minimum atomic E-state index is -0.511. The van der Waals surface area contributed by atoms with Crippen molar-refractivity contribution >= 4 is 45.4 Å². The van der Waals surface area contributed by atoms with Crippen molar-refractivity contribution in [2.24, 2.45) is 0 Å². The Morgan fingerprint density at radius 1 is 1.04 bits per heavy atom. The van der Waals surface area contributed by atoms with Crippen LogP contribution in [0.2, 0.25) is 5.02 Å². The molecule has 0 aromatic heterocycles. The predicted molar refractivity (Wildman–Crippen MR) is 110 cm³/mol. The molecule has 4 rings (SSSR count). The number of allylic oxidation sites excluding steroid dienone is 1. The first-order chi connectivity index (χ1) is 13.5. The summed E-state index contributed by atoms with van der Waals surface area (Å²) in [5.74, 6) is 0.0200. The summed E-state index contributed by atoms with van der Waals surface area (Å²) in [4.78, 5) is 24.9. The quantitative estimate of drug-likeness (QED) is 0.279. The molecule has 0 bridgehead atoms. The lowest BCUT2D eigenvalue weighted by molar-refractivity contribution is 0.0733. The number of carbonyl (C=O) groups excluding carboxylic acids is 2. The summed E-state index contributed by atoms with van der Waals surface area (Å²) in [5, 5.41) is 0.519. The third kappa shape index (κ3) is 3.59. The van der Waals surface area contributed by atoms with E-state index in [1.54, 1.807) is 48.5 Å². The molecule has 0 atom stereocenters. The van der Waals surface area contributed by atoms with Gasteiger partial charge in [-0.1, -0.05) is 41.9 Å². The molecule has 1 aliphatic heterocycles. The first-order valence-electron chi connectivity index (χ1n) is 8.32. The molecule has 0 unspecified atom stereocenters. The molecule has 0 amide bonds. The van der Waals surface area contributed by atoms with E-state index >= 15 is 0 Å². The standard InChI is InChI=1S/C22H12BrClO4/c23-17-7-3-2-6-15(17)22(26)27-14-9-10-16-19(12-14)28-20(21(16)25)11-13-5-1-4-8-18(13)24/h1-12H. The molecule has 28 heavy (non-hydrogen) atoms. The molecule has 0 radical (unpaired) electrons. The van der Waals surface area contributed by atoms with Crippen LogP contribution in [-0.2, 0) is 0 Å². The number of hydrogen-bond acceptors (Lipinski definition) is 4. The molecule has 3 aromatic carbocycles. The average molecular weight is 456 g/mol. The van der Waals surface area contributed by atoms with Crippen LogP contribution in [-0.4, -0.2) is 11.8 Å². The lowest BCUT2D eigenvalue weighted by Crippen LogP contribution is -2.09. The third-order valence-electron chi connectivity index (χ3n) is 4.14. The first kappa shape index (κ1) is 18.5. The monoisotopic (exact) mass is 454 g/mol. The van der Waals surface area contributed by atoms with Gasteiger partial charge in [-0.2, -0.15) is 0 Å². The van der Waals surface area contributed by atoms with Gasteiger partial charge in [0.1, 0.15) is 11.5 Å². The van der Waals surface area contributed by atoms with Gasteiger partial charge in [0.05, 0.1) is 11.1 Å². The number of fused-ring (bicyclic) bond motifs is 1. The highest BCUT2D eigenvalue weighted by atomic mass is 79.9. The summed E-state index contributed by atoms with van der Waals surface area (Å²) in [6.45, 7) is 0. The average Bonchev–Trinajstić information content (AvgIpc) is 2.99. The molecule has 6 heteroatoms. The molecular formula is C22H12BrClO4. The number of esters is 1. The van der Waals surface area contributed by atoms with Crippen molar-refractivity contribution in [1.82, 2.24) is 0 Å². The SMILES string of the molecule is O=C(Oc1ccc2c(c1)OC(=Cc1ccccc1Cl)C2=O)c1ccccc1Br. The lowest BCUT2D eigenvalue weighted by atomic mass is 10.1. The molecule has 0 N–H and O–H groups in total. The number of ether oxygens (including phenoxy) is 2. The molecule has 0 aliphatic carbocycles. The van der Waals surface area contributed by atoms with Crippen molar-refractivity contribution in [3.63, 3.8) is 0 Å². The fourth-order valence-electron chi connectivity index (χ4n) is 2.75. The number of benzene rings is 3. The molecule has 1 heterocycles. The fraction of sp³-hybridized carbons (Fsp3) is 0. The van der Waals surface area contributed by atoms with Crippen LogP contribution in [0.1, 0.15) is 26.3 Å². The molecule has 138 valence electrons. The van der Waals surface area contributed by atoms with E-state index in [4.69, 9.17) is 21.1 Å². The highest BCUT2D eigenvalue weighted by Crippen LogP contribution is 2.35. The van der Waals surface area contributed by atoms with E-state index in [9.17, 15) is 9.59 Å². The maximum absolute atomic E-state index is 12.6. The van der Waals surface area contributed by atoms with Crippen molar-refractivity contribution in [3.05, 3.63) is 98.7 Å². The van der Waals surface area contributed by atoms with Crippen molar-refractivity contribution in [2.45, 2.75) is 0 Å². The first-order valence-corrected chi connectivity index (χ1v) is 9.49. The van der Waals surface area contributed by atoms with Gasteiger partial charge < -0.3 is 9.47 Å². The fourth-order valence-corrected chi connectivity index (χ4v) is 3.39. The summed E-state index contributed by atoms with van der Waals surface area (Å²) in [6, 6.07) is 18.8. The highest BCUT2D eigenvalue weighted by molar-refractivity contribution is 9.10. The molecular weight excluding hydrogens is 444 g/mol. The van der Waals surface area contributed by atoms with E-state index in [2.05, 4.69) is 15.9 Å². The van der Waals surface area contributed by atoms with E-state index in [1.807, 2.05) is 18.2 Å².